The quantitative estimate of drug-likeness (QED) is 0.614. The van der Waals surface area contributed by atoms with Gasteiger partial charge in [0.1, 0.15) is 11.5 Å². The molecule has 0 fully saturated rings. The number of hydrogen-bond donors (Lipinski definition) is 1. The Balaban J connectivity index is 1.75. The number of aromatic amines is 1. The van der Waals surface area contributed by atoms with Gasteiger partial charge in [-0.05, 0) is 48.0 Å². The molecule has 4 nitrogen and oxygen atoms in total. The van der Waals surface area contributed by atoms with Gasteiger partial charge in [0.2, 0.25) is 0 Å². The predicted octanol–water partition coefficient (Wildman–Crippen LogP) is 4.19. The maximum absolute atomic E-state index is 5.34. The molecule has 0 saturated heterocycles. The van der Waals surface area contributed by atoms with Crippen molar-refractivity contribution in [2.75, 3.05) is 14.2 Å². The molecule has 0 aliphatic heterocycles. The maximum atomic E-state index is 5.34. The van der Waals surface area contributed by atoms with E-state index in [-0.39, 0.29) is 0 Å². The molecule has 0 saturated carbocycles. The average molecular weight is 306 g/mol. The molecular formula is C19H18N2O2. The van der Waals surface area contributed by atoms with E-state index in [4.69, 9.17) is 9.47 Å². The molecule has 2 heterocycles. The van der Waals surface area contributed by atoms with Gasteiger partial charge >= 0.3 is 0 Å². The smallest absolute Gasteiger partial charge is 0.119 e. The van der Waals surface area contributed by atoms with Crippen LogP contribution in [0.5, 0.6) is 11.5 Å². The van der Waals surface area contributed by atoms with Crippen molar-refractivity contribution in [2.24, 2.45) is 0 Å². The zero-order chi connectivity index (χ0) is 15.8. The van der Waals surface area contributed by atoms with Crippen LogP contribution < -0.4 is 9.47 Å². The van der Waals surface area contributed by atoms with Gasteiger partial charge in [-0.25, -0.2) is 0 Å². The van der Waals surface area contributed by atoms with Crippen LogP contribution in [0.15, 0.2) is 54.9 Å². The molecule has 0 amide bonds. The van der Waals surface area contributed by atoms with Crippen molar-refractivity contribution in [1.82, 2.24) is 9.55 Å². The van der Waals surface area contributed by atoms with Gasteiger partial charge in [-0.3, -0.25) is 0 Å². The normalized spacial score (nSPS) is 11.2. The summed E-state index contributed by atoms with van der Waals surface area (Å²) in [6.07, 6.45) is 4.18. The number of H-pyrrole nitrogens is 1. The van der Waals surface area contributed by atoms with E-state index >= 15 is 0 Å². The molecule has 2 aromatic carbocycles. The Bertz CT molecular complexity index is 982. The van der Waals surface area contributed by atoms with Crippen molar-refractivity contribution in [3.05, 3.63) is 60.4 Å². The topological polar surface area (TPSA) is 39.2 Å². The fraction of sp³-hybridized carbons (Fsp3) is 0.158. The van der Waals surface area contributed by atoms with E-state index in [1.54, 1.807) is 14.2 Å². The number of methoxy groups -OCH3 is 2. The summed E-state index contributed by atoms with van der Waals surface area (Å²) in [6.45, 7) is 0.809. The third-order valence-electron chi connectivity index (χ3n) is 4.29. The highest BCUT2D eigenvalue weighted by molar-refractivity contribution is 5.85. The Kier molecular flexibility index (Phi) is 3.23. The zero-order valence-corrected chi connectivity index (χ0v) is 13.2. The van der Waals surface area contributed by atoms with E-state index in [1.807, 2.05) is 12.1 Å². The molecule has 0 unspecified atom stereocenters. The fourth-order valence-electron chi connectivity index (χ4n) is 3.04. The van der Waals surface area contributed by atoms with E-state index in [9.17, 15) is 0 Å². The molecule has 0 bridgehead atoms. The molecule has 2 aromatic heterocycles. The van der Waals surface area contributed by atoms with Crippen LogP contribution in [0, 0.1) is 0 Å². The van der Waals surface area contributed by atoms with Gasteiger partial charge in [-0.2, -0.15) is 0 Å². The second-order valence-electron chi connectivity index (χ2n) is 5.59. The summed E-state index contributed by atoms with van der Waals surface area (Å²) in [5, 5.41) is 2.38. The summed E-state index contributed by atoms with van der Waals surface area (Å²) in [6, 6.07) is 14.4. The van der Waals surface area contributed by atoms with Crippen LogP contribution in [0.1, 0.15) is 5.56 Å². The lowest BCUT2D eigenvalue weighted by molar-refractivity contribution is 0.415. The van der Waals surface area contributed by atoms with Gasteiger partial charge in [-0.1, -0.05) is 0 Å². The van der Waals surface area contributed by atoms with Crippen LogP contribution in [-0.4, -0.2) is 23.8 Å². The number of nitrogens with one attached hydrogen (secondary N) is 1. The van der Waals surface area contributed by atoms with Crippen LogP contribution in [0.2, 0.25) is 0 Å². The van der Waals surface area contributed by atoms with Crippen molar-refractivity contribution < 1.29 is 9.47 Å². The number of benzene rings is 2. The third kappa shape index (κ3) is 2.32. The summed E-state index contributed by atoms with van der Waals surface area (Å²) >= 11 is 0. The Morgan fingerprint density at radius 2 is 1.74 bits per heavy atom. The first kappa shape index (κ1) is 13.8. The monoisotopic (exact) mass is 306 g/mol. The van der Waals surface area contributed by atoms with Crippen LogP contribution in [0.25, 0.3) is 21.8 Å². The van der Waals surface area contributed by atoms with Crippen LogP contribution in [0.4, 0.5) is 0 Å². The molecule has 0 spiro atoms. The molecule has 0 aliphatic rings. The minimum atomic E-state index is 0.809. The SMILES string of the molecule is COc1ccc2c(ccn2Cc2c[nH]c3ccc(OC)cc23)c1. The van der Waals surface area contributed by atoms with Crippen molar-refractivity contribution in [1.29, 1.82) is 0 Å². The first-order valence-electron chi connectivity index (χ1n) is 7.55. The summed E-state index contributed by atoms with van der Waals surface area (Å²) in [4.78, 5) is 3.33. The molecule has 0 radical (unpaired) electrons. The second kappa shape index (κ2) is 5.39. The molecule has 1 N–H and O–H groups in total. The van der Waals surface area contributed by atoms with Gasteiger partial charge in [0.25, 0.3) is 0 Å². The van der Waals surface area contributed by atoms with Crippen molar-refractivity contribution in [3.63, 3.8) is 0 Å². The number of aromatic nitrogens is 2. The lowest BCUT2D eigenvalue weighted by Gasteiger charge is -2.06. The van der Waals surface area contributed by atoms with E-state index in [2.05, 4.69) is 52.3 Å². The highest BCUT2D eigenvalue weighted by Crippen LogP contribution is 2.27. The summed E-state index contributed by atoms with van der Waals surface area (Å²) in [5.41, 5.74) is 3.56. The van der Waals surface area contributed by atoms with E-state index in [0.29, 0.717) is 0 Å². The van der Waals surface area contributed by atoms with Gasteiger partial charge in [0, 0.05) is 40.7 Å². The number of rotatable bonds is 4. The molecule has 0 aliphatic carbocycles. The van der Waals surface area contributed by atoms with Gasteiger partial charge in [0.05, 0.1) is 14.2 Å². The summed E-state index contributed by atoms with van der Waals surface area (Å²) < 4.78 is 12.9. The van der Waals surface area contributed by atoms with Gasteiger partial charge in [0.15, 0.2) is 0 Å². The van der Waals surface area contributed by atoms with Crippen LogP contribution >= 0.6 is 0 Å². The van der Waals surface area contributed by atoms with E-state index in [1.165, 1.54) is 21.9 Å². The zero-order valence-electron chi connectivity index (χ0n) is 13.2. The summed E-state index contributed by atoms with van der Waals surface area (Å²) in [5.74, 6) is 1.76. The highest BCUT2D eigenvalue weighted by Gasteiger charge is 2.08. The average Bonchev–Trinajstić information content (AvgIpc) is 3.18. The predicted molar refractivity (Wildman–Crippen MR) is 92.4 cm³/mol. The second-order valence-corrected chi connectivity index (χ2v) is 5.59. The van der Waals surface area contributed by atoms with Crippen LogP contribution in [0.3, 0.4) is 0 Å². The maximum Gasteiger partial charge on any atom is 0.119 e. The Morgan fingerprint density at radius 1 is 0.957 bits per heavy atom. The van der Waals surface area contributed by atoms with E-state index in [0.717, 1.165) is 23.6 Å². The molecule has 4 rings (SSSR count). The first-order chi connectivity index (χ1) is 11.3. The lowest BCUT2D eigenvalue weighted by Crippen LogP contribution is -1.97. The number of fused-ring (bicyclic) bond motifs is 2. The van der Waals surface area contributed by atoms with Gasteiger partial charge < -0.3 is 19.0 Å². The Hall–Kier alpha value is -2.88. The fourth-order valence-corrected chi connectivity index (χ4v) is 3.04. The molecule has 0 atom stereocenters. The molecule has 4 aromatic rings. The Morgan fingerprint density at radius 3 is 2.57 bits per heavy atom. The first-order valence-corrected chi connectivity index (χ1v) is 7.55. The lowest BCUT2D eigenvalue weighted by atomic mass is 10.1. The molecular weight excluding hydrogens is 288 g/mol. The Labute approximate surface area is 134 Å². The van der Waals surface area contributed by atoms with Crippen molar-refractivity contribution in [2.45, 2.75) is 6.54 Å². The van der Waals surface area contributed by atoms with Crippen molar-refractivity contribution in [3.8, 4) is 11.5 Å². The van der Waals surface area contributed by atoms with E-state index < -0.39 is 0 Å². The van der Waals surface area contributed by atoms with Crippen molar-refractivity contribution >= 4 is 21.8 Å². The molecule has 4 heteroatoms. The minimum absolute atomic E-state index is 0.809. The molecule has 23 heavy (non-hydrogen) atoms. The van der Waals surface area contributed by atoms with Crippen LogP contribution in [-0.2, 0) is 6.54 Å². The number of nitrogens with zero attached hydrogens (tertiary/aromatic N) is 1. The standard InChI is InChI=1S/C19H18N2O2/c1-22-15-4-6-19-13(9-15)7-8-21(19)12-14-11-20-18-5-3-16(23-2)10-17(14)18/h3-11,20H,12H2,1-2H3. The minimum Gasteiger partial charge on any atom is -0.497 e. The highest BCUT2D eigenvalue weighted by atomic mass is 16.5. The number of hydrogen-bond acceptors (Lipinski definition) is 2. The third-order valence-corrected chi connectivity index (χ3v) is 4.29. The summed E-state index contributed by atoms with van der Waals surface area (Å²) in [7, 11) is 3.39. The molecule has 116 valence electrons. The number of ether oxygens (including phenoxy) is 2. The largest absolute Gasteiger partial charge is 0.497 e. The van der Waals surface area contributed by atoms with Gasteiger partial charge in [-0.15, -0.1) is 0 Å².